The molecule has 0 atom stereocenters. The summed E-state index contributed by atoms with van der Waals surface area (Å²) in [5, 5.41) is 0. The number of nitrogens with zero attached hydrogens (tertiary/aromatic N) is 1. The van der Waals surface area contributed by atoms with Gasteiger partial charge < -0.3 is 4.90 Å². The average molecular weight is 1220 g/mol. The van der Waals surface area contributed by atoms with Gasteiger partial charge in [0.15, 0.2) is 0 Å². The third-order valence-corrected chi connectivity index (χ3v) is 21.4. The van der Waals surface area contributed by atoms with Crippen molar-refractivity contribution < 1.29 is 0 Å². The van der Waals surface area contributed by atoms with Crippen molar-refractivity contribution in [1.82, 2.24) is 0 Å². The zero-order chi connectivity index (χ0) is 64.3. The summed E-state index contributed by atoms with van der Waals surface area (Å²) in [4.78, 5) is 2.44. The highest BCUT2D eigenvalue weighted by Crippen LogP contribution is 2.60. The standard InChI is InChI=1S/C94H73N/c1-60-16-34-71(35-17-60)92(72-36-18-61(2)19-37-72)86-14-10-8-12-80(86)84-54-32-69(58-90(84)92)67-28-46-77(47-29-67)95(79-50-44-76(45-51-79)94(75-42-24-64(5)25-43-75)88-56-65(6)26-52-82(88)83-53-27-66(7)57-89(83)94)78-48-30-68(31-49-78)70-33-55-85-81-13-9-11-15-87(81)93(91(85)59-70,73-38-20-62(3)21-39-73)74-40-22-63(4)23-41-74/h8-59H,1-7H3. The van der Waals surface area contributed by atoms with E-state index in [1.807, 2.05) is 0 Å². The molecule has 14 aromatic carbocycles. The fraction of sp³-hybridized carbons (Fsp3) is 0.106. The van der Waals surface area contributed by atoms with Crippen molar-refractivity contribution in [3.63, 3.8) is 0 Å². The van der Waals surface area contributed by atoms with Crippen molar-refractivity contribution in [2.45, 2.75) is 64.7 Å². The van der Waals surface area contributed by atoms with E-state index in [0.29, 0.717) is 0 Å². The van der Waals surface area contributed by atoms with Crippen LogP contribution in [-0.2, 0) is 16.2 Å². The molecule has 0 aromatic heterocycles. The largest absolute Gasteiger partial charge is 0.311 e. The Morgan fingerprint density at radius 1 is 0.179 bits per heavy atom. The van der Waals surface area contributed by atoms with E-state index in [2.05, 4.69) is 369 Å². The molecule has 95 heavy (non-hydrogen) atoms. The molecule has 3 aliphatic rings. The summed E-state index contributed by atoms with van der Waals surface area (Å²) in [7, 11) is 0. The van der Waals surface area contributed by atoms with Crippen LogP contribution in [0.3, 0.4) is 0 Å². The van der Waals surface area contributed by atoms with Gasteiger partial charge in [0.2, 0.25) is 0 Å². The van der Waals surface area contributed by atoms with Gasteiger partial charge in [0.1, 0.15) is 0 Å². The van der Waals surface area contributed by atoms with Crippen LogP contribution in [0.2, 0.25) is 0 Å². The van der Waals surface area contributed by atoms with Crippen molar-refractivity contribution in [3.05, 3.63) is 421 Å². The number of aryl methyl sites for hydroxylation is 7. The van der Waals surface area contributed by atoms with E-state index in [-0.39, 0.29) is 0 Å². The van der Waals surface area contributed by atoms with Crippen LogP contribution in [0.1, 0.15) is 106 Å². The molecule has 14 aromatic rings. The molecule has 0 N–H and O–H groups in total. The summed E-state index contributed by atoms with van der Waals surface area (Å²) >= 11 is 0. The quantitative estimate of drug-likeness (QED) is 0.125. The minimum Gasteiger partial charge on any atom is -0.311 e. The predicted octanol–water partition coefficient (Wildman–Crippen LogP) is 23.7. The van der Waals surface area contributed by atoms with E-state index in [4.69, 9.17) is 0 Å². The first-order valence-electron chi connectivity index (χ1n) is 33.6. The first kappa shape index (κ1) is 57.8. The molecule has 0 saturated carbocycles. The second kappa shape index (κ2) is 22.3. The highest BCUT2D eigenvalue weighted by Gasteiger charge is 2.49. The van der Waals surface area contributed by atoms with Gasteiger partial charge in [-0.15, -0.1) is 0 Å². The van der Waals surface area contributed by atoms with Gasteiger partial charge in [-0.05, 0) is 219 Å². The first-order valence-corrected chi connectivity index (χ1v) is 33.6. The molecule has 0 bridgehead atoms. The molecule has 0 radical (unpaired) electrons. The Labute approximate surface area is 560 Å². The summed E-state index contributed by atoms with van der Waals surface area (Å²) in [6, 6.07) is 121. The zero-order valence-electron chi connectivity index (χ0n) is 55.0. The van der Waals surface area contributed by atoms with Crippen LogP contribution in [0.4, 0.5) is 17.1 Å². The van der Waals surface area contributed by atoms with Crippen LogP contribution in [0.15, 0.2) is 315 Å². The Hall–Kier alpha value is -11.1. The summed E-state index contributed by atoms with van der Waals surface area (Å²) in [6.07, 6.45) is 0. The average Bonchev–Trinajstić information content (AvgIpc) is 1.58. The van der Waals surface area contributed by atoms with Gasteiger partial charge in [0.25, 0.3) is 0 Å². The molecular weight excluding hydrogens is 1140 g/mol. The summed E-state index contributed by atoms with van der Waals surface area (Å²) in [5.41, 5.74) is 38.3. The number of anilines is 3. The molecule has 1 heteroatoms. The van der Waals surface area contributed by atoms with Crippen LogP contribution < -0.4 is 4.90 Å². The van der Waals surface area contributed by atoms with Gasteiger partial charge in [0.05, 0.1) is 16.2 Å². The minimum atomic E-state index is -0.537. The number of rotatable bonds is 11. The lowest BCUT2D eigenvalue weighted by atomic mass is 9.67. The van der Waals surface area contributed by atoms with Crippen molar-refractivity contribution in [3.8, 4) is 55.6 Å². The van der Waals surface area contributed by atoms with E-state index in [0.717, 1.165) is 28.2 Å². The van der Waals surface area contributed by atoms with E-state index < -0.39 is 16.2 Å². The van der Waals surface area contributed by atoms with E-state index in [9.17, 15) is 0 Å². The van der Waals surface area contributed by atoms with Crippen molar-refractivity contribution in [2.24, 2.45) is 0 Å². The van der Waals surface area contributed by atoms with Crippen LogP contribution in [0.5, 0.6) is 0 Å². The second-order valence-electron chi connectivity index (χ2n) is 27.3. The Morgan fingerprint density at radius 3 is 0.716 bits per heavy atom. The van der Waals surface area contributed by atoms with Crippen molar-refractivity contribution in [1.29, 1.82) is 0 Å². The Balaban J connectivity index is 0.810. The first-order chi connectivity index (χ1) is 46.4. The summed E-state index contributed by atoms with van der Waals surface area (Å²) in [6.45, 7) is 15.4. The third-order valence-electron chi connectivity index (χ3n) is 21.4. The Kier molecular flexibility index (Phi) is 13.6. The highest BCUT2D eigenvalue weighted by molar-refractivity contribution is 5.92. The maximum Gasteiger partial charge on any atom is 0.0713 e. The van der Waals surface area contributed by atoms with E-state index >= 15 is 0 Å². The number of hydrogen-bond acceptors (Lipinski definition) is 1. The van der Waals surface area contributed by atoms with Crippen LogP contribution in [0.25, 0.3) is 55.6 Å². The van der Waals surface area contributed by atoms with Gasteiger partial charge >= 0.3 is 0 Å². The fourth-order valence-corrected chi connectivity index (χ4v) is 16.8. The van der Waals surface area contributed by atoms with E-state index in [1.165, 1.54) is 150 Å². The van der Waals surface area contributed by atoms with E-state index in [1.54, 1.807) is 0 Å². The minimum absolute atomic E-state index is 0.507. The molecule has 17 rings (SSSR count). The summed E-state index contributed by atoms with van der Waals surface area (Å²) in [5.74, 6) is 0. The number of benzene rings is 14. The molecule has 0 unspecified atom stereocenters. The molecule has 0 amide bonds. The smallest absolute Gasteiger partial charge is 0.0713 e. The Morgan fingerprint density at radius 2 is 0.400 bits per heavy atom. The van der Waals surface area contributed by atoms with Crippen LogP contribution in [0, 0.1) is 48.5 Å². The molecule has 3 aliphatic carbocycles. The lowest BCUT2D eigenvalue weighted by Gasteiger charge is -2.35. The fourth-order valence-electron chi connectivity index (χ4n) is 16.8. The molecule has 454 valence electrons. The molecule has 0 fully saturated rings. The van der Waals surface area contributed by atoms with Gasteiger partial charge in [-0.3, -0.25) is 0 Å². The van der Waals surface area contributed by atoms with Crippen LogP contribution >= 0.6 is 0 Å². The predicted molar refractivity (Wildman–Crippen MR) is 397 cm³/mol. The lowest BCUT2D eigenvalue weighted by Crippen LogP contribution is -2.29. The topological polar surface area (TPSA) is 3.24 Å². The maximum atomic E-state index is 2.48. The highest BCUT2D eigenvalue weighted by atomic mass is 15.1. The molecular formula is C94H73N. The summed E-state index contributed by atoms with van der Waals surface area (Å²) < 4.78 is 0. The SMILES string of the molecule is Cc1ccc(C2(c3ccc(N(c4ccc(-c5ccc6c(c5)C(c5ccc(C)cc5)(c5ccc(C)cc5)c5ccccc5-6)cc4)c4ccc(-c5ccc6c(c5)C(c5ccc(C)cc5)(c5ccc(C)cc5)c5ccccc5-6)cc4)cc3)c3cc(C)ccc3-c3ccc(C)cc32)cc1. The zero-order valence-corrected chi connectivity index (χ0v) is 55.0. The number of fused-ring (bicyclic) bond motifs is 9. The van der Waals surface area contributed by atoms with Crippen molar-refractivity contribution >= 4 is 17.1 Å². The van der Waals surface area contributed by atoms with Crippen LogP contribution in [-0.4, -0.2) is 0 Å². The van der Waals surface area contributed by atoms with Gasteiger partial charge in [-0.2, -0.15) is 0 Å². The lowest BCUT2D eigenvalue weighted by molar-refractivity contribution is 0.766. The number of hydrogen-bond donors (Lipinski definition) is 0. The second-order valence-corrected chi connectivity index (χ2v) is 27.3. The Bertz CT molecular complexity index is 4920. The van der Waals surface area contributed by atoms with Gasteiger partial charge in [-0.25, -0.2) is 0 Å². The maximum absolute atomic E-state index is 2.48. The monoisotopic (exact) mass is 1220 g/mol. The molecule has 0 spiro atoms. The molecule has 0 heterocycles. The van der Waals surface area contributed by atoms with Gasteiger partial charge in [-0.1, -0.05) is 306 Å². The normalized spacial score (nSPS) is 13.9. The molecule has 1 nitrogen and oxygen atoms in total. The molecule has 0 aliphatic heterocycles. The molecule has 0 saturated heterocycles. The third kappa shape index (κ3) is 8.90. The van der Waals surface area contributed by atoms with Crippen molar-refractivity contribution in [2.75, 3.05) is 4.90 Å². The van der Waals surface area contributed by atoms with Gasteiger partial charge in [0, 0.05) is 17.1 Å².